The van der Waals surface area contributed by atoms with Gasteiger partial charge in [-0.25, -0.2) is 4.79 Å². The molecule has 1 amide bonds. The summed E-state index contributed by atoms with van der Waals surface area (Å²) >= 11 is 2.81. The van der Waals surface area contributed by atoms with Crippen LogP contribution in [-0.4, -0.2) is 39.5 Å². The van der Waals surface area contributed by atoms with Gasteiger partial charge in [-0.1, -0.05) is 36.4 Å². The maximum atomic E-state index is 12.7. The predicted molar refractivity (Wildman–Crippen MR) is 122 cm³/mol. The third-order valence-corrected chi connectivity index (χ3v) is 7.34. The second-order valence-corrected chi connectivity index (χ2v) is 9.35. The lowest BCUT2D eigenvalue weighted by molar-refractivity contribution is -0.113. The molecule has 1 N–H and O–H groups in total. The van der Waals surface area contributed by atoms with Crippen molar-refractivity contribution in [1.29, 1.82) is 0 Å². The Morgan fingerprint density at radius 2 is 1.94 bits per heavy atom. The summed E-state index contributed by atoms with van der Waals surface area (Å²) in [4.78, 5) is 26.4. The van der Waals surface area contributed by atoms with Crippen LogP contribution < -0.4 is 5.32 Å². The normalized spacial score (nSPS) is 13.4. The third kappa shape index (κ3) is 4.67. The Balaban J connectivity index is 1.50. The van der Waals surface area contributed by atoms with E-state index in [9.17, 15) is 9.59 Å². The minimum atomic E-state index is -0.387. The van der Waals surface area contributed by atoms with E-state index in [1.54, 1.807) is 0 Å². The van der Waals surface area contributed by atoms with E-state index >= 15 is 0 Å². The minimum Gasteiger partial charge on any atom is -0.465 e. The van der Waals surface area contributed by atoms with Crippen molar-refractivity contribution in [2.45, 2.75) is 44.2 Å². The SMILES string of the molecule is COC(=O)c1c(NC(=O)CSc2nnc(C)n2-c2ccccc2)sc2c1CCCCC2. The maximum absolute atomic E-state index is 12.7. The monoisotopic (exact) mass is 456 g/mol. The quantitative estimate of drug-likeness (QED) is 0.336. The number of nitrogens with one attached hydrogen (secondary N) is 1. The van der Waals surface area contributed by atoms with Crippen LogP contribution in [0, 0.1) is 6.92 Å². The number of hydrogen-bond donors (Lipinski definition) is 1. The molecule has 0 unspecified atom stereocenters. The number of carbonyl (C=O) groups excluding carboxylic acids is 2. The molecule has 1 aliphatic rings. The molecule has 3 aromatic rings. The number of benzene rings is 1. The summed E-state index contributed by atoms with van der Waals surface area (Å²) in [5, 5.41) is 12.6. The molecule has 0 saturated carbocycles. The number of nitrogens with zero attached hydrogens (tertiary/aromatic N) is 3. The molecule has 4 rings (SSSR count). The third-order valence-electron chi connectivity index (χ3n) is 5.21. The zero-order valence-corrected chi connectivity index (χ0v) is 19.1. The van der Waals surface area contributed by atoms with Crippen LogP contribution in [0.4, 0.5) is 5.00 Å². The Hall–Kier alpha value is -2.65. The molecule has 0 aliphatic heterocycles. The lowest BCUT2D eigenvalue weighted by Crippen LogP contribution is -2.16. The molecule has 162 valence electrons. The van der Waals surface area contributed by atoms with Crippen molar-refractivity contribution in [1.82, 2.24) is 14.8 Å². The molecule has 2 aromatic heterocycles. The van der Waals surface area contributed by atoms with Gasteiger partial charge >= 0.3 is 5.97 Å². The molecule has 0 atom stereocenters. The summed E-state index contributed by atoms with van der Waals surface area (Å²) in [6, 6.07) is 9.80. The number of para-hydroxylation sites is 1. The van der Waals surface area contributed by atoms with E-state index in [-0.39, 0.29) is 17.6 Å². The fourth-order valence-corrected chi connectivity index (χ4v) is 5.84. The molecule has 9 heteroatoms. The Morgan fingerprint density at radius 3 is 2.71 bits per heavy atom. The molecular formula is C22H24N4O3S2. The van der Waals surface area contributed by atoms with Crippen LogP contribution in [0.15, 0.2) is 35.5 Å². The fraction of sp³-hybridized carbons (Fsp3) is 0.364. The number of thioether (sulfide) groups is 1. The van der Waals surface area contributed by atoms with Crippen molar-refractivity contribution >= 4 is 40.0 Å². The summed E-state index contributed by atoms with van der Waals surface area (Å²) in [5.74, 6) is 0.339. The number of esters is 1. The molecule has 1 aromatic carbocycles. The standard InChI is InChI=1S/C22H24N4O3S2/c1-14-24-25-22(26(14)15-9-5-3-6-10-15)30-13-18(27)23-20-19(21(28)29-2)16-11-7-4-8-12-17(16)31-20/h3,5-6,9-10H,4,7-8,11-13H2,1-2H3,(H,23,27). The number of thiophene rings is 1. The number of rotatable bonds is 6. The van der Waals surface area contributed by atoms with Gasteiger partial charge in [0.25, 0.3) is 0 Å². The number of carbonyl (C=O) groups is 2. The number of ether oxygens (including phenoxy) is 1. The van der Waals surface area contributed by atoms with Crippen molar-refractivity contribution in [3.8, 4) is 5.69 Å². The van der Waals surface area contributed by atoms with E-state index in [1.807, 2.05) is 41.8 Å². The van der Waals surface area contributed by atoms with E-state index in [1.165, 1.54) is 35.1 Å². The van der Waals surface area contributed by atoms with Gasteiger partial charge in [0.2, 0.25) is 5.91 Å². The van der Waals surface area contributed by atoms with Crippen LogP contribution in [-0.2, 0) is 22.4 Å². The van der Waals surface area contributed by atoms with Gasteiger partial charge in [-0.15, -0.1) is 21.5 Å². The summed E-state index contributed by atoms with van der Waals surface area (Å²) in [6.45, 7) is 1.88. The number of aryl methyl sites for hydroxylation is 2. The van der Waals surface area contributed by atoms with Gasteiger partial charge in [0, 0.05) is 10.6 Å². The molecule has 0 bridgehead atoms. The lowest BCUT2D eigenvalue weighted by Gasteiger charge is -2.09. The van der Waals surface area contributed by atoms with Gasteiger partial charge < -0.3 is 10.1 Å². The van der Waals surface area contributed by atoms with Gasteiger partial charge in [-0.05, 0) is 50.3 Å². The number of hydrogen-bond acceptors (Lipinski definition) is 7. The van der Waals surface area contributed by atoms with E-state index in [2.05, 4.69) is 15.5 Å². The van der Waals surface area contributed by atoms with Crippen molar-refractivity contribution in [3.05, 3.63) is 52.2 Å². The Bertz CT molecular complexity index is 1090. The summed E-state index contributed by atoms with van der Waals surface area (Å²) < 4.78 is 6.93. The molecule has 0 radical (unpaired) electrons. The van der Waals surface area contributed by atoms with E-state index < -0.39 is 0 Å². The van der Waals surface area contributed by atoms with Gasteiger partial charge in [-0.3, -0.25) is 9.36 Å². The van der Waals surface area contributed by atoms with Gasteiger partial charge in [-0.2, -0.15) is 0 Å². The zero-order valence-electron chi connectivity index (χ0n) is 17.5. The highest BCUT2D eigenvalue weighted by Crippen LogP contribution is 2.38. The Morgan fingerprint density at radius 1 is 1.16 bits per heavy atom. The topological polar surface area (TPSA) is 86.1 Å². The first-order valence-corrected chi connectivity index (χ1v) is 12.0. The second kappa shape index (κ2) is 9.65. The van der Waals surface area contributed by atoms with Crippen molar-refractivity contribution in [2.75, 3.05) is 18.2 Å². The van der Waals surface area contributed by atoms with Crippen LogP contribution in [0.3, 0.4) is 0 Å². The molecule has 0 saturated heterocycles. The van der Waals surface area contributed by atoms with Crippen LogP contribution >= 0.6 is 23.1 Å². The smallest absolute Gasteiger partial charge is 0.341 e. The highest BCUT2D eigenvalue weighted by atomic mass is 32.2. The molecule has 2 heterocycles. The molecule has 7 nitrogen and oxygen atoms in total. The largest absolute Gasteiger partial charge is 0.465 e. The number of amides is 1. The van der Waals surface area contributed by atoms with E-state index in [4.69, 9.17) is 4.74 Å². The average molecular weight is 457 g/mol. The first-order valence-electron chi connectivity index (χ1n) is 10.2. The molecule has 31 heavy (non-hydrogen) atoms. The summed E-state index contributed by atoms with van der Waals surface area (Å²) in [7, 11) is 1.38. The zero-order chi connectivity index (χ0) is 21.8. The number of methoxy groups -OCH3 is 1. The van der Waals surface area contributed by atoms with Crippen LogP contribution in [0.1, 0.15) is 45.9 Å². The molecular weight excluding hydrogens is 432 g/mol. The average Bonchev–Trinajstić information content (AvgIpc) is 3.23. The second-order valence-electron chi connectivity index (χ2n) is 7.30. The highest BCUT2D eigenvalue weighted by molar-refractivity contribution is 7.99. The van der Waals surface area contributed by atoms with Crippen molar-refractivity contribution < 1.29 is 14.3 Å². The Kier molecular flexibility index (Phi) is 6.72. The minimum absolute atomic E-state index is 0.161. The van der Waals surface area contributed by atoms with Gasteiger partial charge in [0.1, 0.15) is 10.8 Å². The number of anilines is 1. The van der Waals surface area contributed by atoms with Crippen molar-refractivity contribution in [3.63, 3.8) is 0 Å². The van der Waals surface area contributed by atoms with E-state index in [0.29, 0.717) is 15.7 Å². The number of fused-ring (bicyclic) bond motifs is 1. The van der Waals surface area contributed by atoms with Crippen LogP contribution in [0.2, 0.25) is 0 Å². The summed E-state index contributed by atoms with van der Waals surface area (Å²) in [6.07, 6.45) is 5.09. The highest BCUT2D eigenvalue weighted by Gasteiger charge is 2.26. The van der Waals surface area contributed by atoms with Crippen LogP contribution in [0.5, 0.6) is 0 Å². The maximum Gasteiger partial charge on any atom is 0.341 e. The lowest BCUT2D eigenvalue weighted by atomic mass is 10.1. The van der Waals surface area contributed by atoms with Crippen LogP contribution in [0.25, 0.3) is 5.69 Å². The predicted octanol–water partition coefficient (Wildman–Crippen LogP) is 4.42. The number of aromatic nitrogens is 3. The first kappa shape index (κ1) is 21.6. The first-order chi connectivity index (χ1) is 15.1. The molecule has 0 fully saturated rings. The fourth-order valence-electron chi connectivity index (χ4n) is 3.75. The Labute approximate surface area is 189 Å². The van der Waals surface area contributed by atoms with Crippen molar-refractivity contribution in [2.24, 2.45) is 0 Å². The molecule has 1 aliphatic carbocycles. The van der Waals surface area contributed by atoms with Gasteiger partial charge in [0.15, 0.2) is 5.16 Å². The van der Waals surface area contributed by atoms with E-state index in [0.717, 1.165) is 49.2 Å². The summed E-state index contributed by atoms with van der Waals surface area (Å²) in [5.41, 5.74) is 2.51. The van der Waals surface area contributed by atoms with Gasteiger partial charge in [0.05, 0.1) is 18.4 Å². The molecule has 0 spiro atoms.